The zero-order chi connectivity index (χ0) is 95.1. The average molecular weight is 2310 g/mol. The zero-order valence-electron chi connectivity index (χ0n) is 85.9. The maximum Gasteiger partial charge on any atom is 0.281 e. The molecule has 0 radical (unpaired) electrons. The molecule has 16 nitrogen and oxygen atoms in total. The van der Waals surface area contributed by atoms with Crippen LogP contribution in [-0.4, -0.2) is 48.4 Å². The van der Waals surface area contributed by atoms with Crippen LogP contribution < -0.4 is 152 Å². The number of hydrogen-bond donors (Lipinski definition) is 0. The molecule has 0 fully saturated rings. The molecule has 16 aromatic rings. The molecule has 10 aliphatic rings. The third-order valence-electron chi connectivity index (χ3n) is 35.6. The number of halogens is 4. The van der Waals surface area contributed by atoms with Crippen molar-refractivity contribution in [1.29, 1.82) is 0 Å². The largest absolute Gasteiger partial charge is 1.00 e. The van der Waals surface area contributed by atoms with Crippen LogP contribution in [0.4, 0.5) is 0 Å². The van der Waals surface area contributed by atoms with E-state index in [4.69, 9.17) is 57.8 Å². The summed E-state index contributed by atoms with van der Waals surface area (Å²) >= 11 is 0. The van der Waals surface area contributed by atoms with Gasteiger partial charge in [0.05, 0.1) is 84.7 Å². The molecule has 720 valence electrons. The average Bonchev–Trinajstić information content (AvgIpc) is 1.55. The van der Waals surface area contributed by atoms with E-state index < -0.39 is 0 Å². The van der Waals surface area contributed by atoms with Crippen molar-refractivity contribution < 1.29 is 152 Å². The minimum absolute atomic E-state index is 0. The van der Waals surface area contributed by atoms with Crippen LogP contribution in [0.2, 0.25) is 0 Å². The van der Waals surface area contributed by atoms with E-state index in [9.17, 15) is 0 Å². The molecular formula is C120H124I4N8O8. The maximum atomic E-state index is 7.05. The van der Waals surface area contributed by atoms with Crippen molar-refractivity contribution in [2.45, 2.75) is 255 Å². The van der Waals surface area contributed by atoms with Crippen molar-refractivity contribution in [3.8, 4) is 69.0 Å². The topological polar surface area (TPSA) is 141 Å². The fraction of sp³-hybridized carbons (Fsp3) is 0.400. The third-order valence-corrected chi connectivity index (χ3v) is 35.6. The van der Waals surface area contributed by atoms with Crippen molar-refractivity contribution in [1.82, 2.24) is 19.9 Å². The molecule has 8 aliphatic carbocycles. The summed E-state index contributed by atoms with van der Waals surface area (Å²) in [5.74, 6) is 8.82. The van der Waals surface area contributed by atoms with Crippen LogP contribution in [0.15, 0.2) is 146 Å². The second-order valence-electron chi connectivity index (χ2n) is 48.1. The molecule has 4 atom stereocenters. The normalized spacial score (nSPS) is 21.9. The quantitative estimate of drug-likeness (QED) is 0.0941. The predicted octanol–water partition coefficient (Wildman–Crippen LogP) is 13.2. The van der Waals surface area contributed by atoms with E-state index >= 15 is 0 Å². The van der Waals surface area contributed by atoms with E-state index in [0.29, 0.717) is 11.5 Å². The molecule has 0 amide bonds. The van der Waals surface area contributed by atoms with Crippen molar-refractivity contribution >= 4 is 88.3 Å². The van der Waals surface area contributed by atoms with E-state index in [-0.39, 0.29) is 161 Å². The van der Waals surface area contributed by atoms with Crippen LogP contribution >= 0.6 is 0 Å². The molecule has 0 bridgehead atoms. The van der Waals surface area contributed by atoms with Gasteiger partial charge in [-0.05, 0) is 319 Å². The first-order chi connectivity index (χ1) is 64.2. The Morgan fingerprint density at radius 3 is 0.629 bits per heavy atom. The third kappa shape index (κ3) is 13.1. The molecule has 4 spiro atoms. The minimum Gasteiger partial charge on any atom is -1.00 e. The Bertz CT molecular complexity index is 8340. The second kappa shape index (κ2) is 31.0. The lowest BCUT2D eigenvalue weighted by atomic mass is 9.72. The molecule has 4 aromatic heterocycles. The standard InChI is InChI=1S/C62H68N4O4.C58H56N4O4.4HI/c1-33-17-43-44(18-34(33)2)64(12)47-21-39-35(19-45(47)63(43)11)57(3,4)29-61(39)30-58(5,6)36-20-46-48(22-40(36)61)66(14)50-28-56-55(27-49(50)65(46)13)69-53-24-38-42(26-54(53)70-56)62(32-60(38,9)10)31-59(7,8)37-23-51(67-15)52(68-16)25-41(37)62;1-29-13-39-40(14-30(29)2)60-43-17-35-31(15-41(43)59-39)53(3,4)25-57(35)26-54(5,6)32-16-42-44(18-36(32)57)62-46-24-52-51(23-45(46)61-42)65-49-20-34-38(22-50(49)66-52)58(28-56(34,9)10)27-55(7,8)33-19-47(63-11)48(64-12)21-37(33)58;;;;/h17-28H,29-32H2,1-16H3;13-24H,25-28H2,1-12H3;4*1H/q+4;;;;;/p-4. The van der Waals surface area contributed by atoms with Gasteiger partial charge in [-0.3, -0.25) is 0 Å². The number of fused-ring (bicyclic) bond motifs is 28. The molecule has 26 rings (SSSR count). The van der Waals surface area contributed by atoms with Crippen LogP contribution in [-0.2, 0) is 93.2 Å². The van der Waals surface area contributed by atoms with Gasteiger partial charge < -0.3 is 134 Å². The summed E-state index contributed by atoms with van der Waals surface area (Å²) in [6.45, 7) is 47.1. The molecule has 0 saturated heterocycles. The Morgan fingerprint density at radius 2 is 0.357 bits per heavy atom. The Hall–Kier alpha value is -9.64. The molecule has 0 N–H and O–H groups in total. The SMILES string of the molecule is COc1cc2c(cc1OC)C1(CC2(C)C)CC(C)(C)c2cc3c(cc21)Oc1cc2c(cc1O3)[n+](C)c1cc3c(cc1[n+]2C)C1(CC(C)(C)c2cc4c(cc21)[n+](C)c1cc(C)c(C)cc1[n+]4C)CC3(C)C.COc1cc2c(cc1OC)C1(CC2(C)C)CC(C)(C)c2cc3c(cc21)Oc1cc2nc4cc5c(cc4nc2cc1O3)C(C)(C)CC51CC(C)(C)c2cc3nc4cc(C)c(C)cc4nc3cc21.[I-].[I-].[I-].[I-]. The predicted molar refractivity (Wildman–Crippen MR) is 537 cm³/mol. The van der Waals surface area contributed by atoms with Gasteiger partial charge in [-0.2, -0.15) is 18.3 Å². The first-order valence-electron chi connectivity index (χ1n) is 49.0. The first-order valence-corrected chi connectivity index (χ1v) is 49.0. The van der Waals surface area contributed by atoms with Crippen molar-refractivity contribution in [3.05, 3.63) is 257 Å². The lowest BCUT2D eigenvalue weighted by Crippen LogP contribution is -3.00. The molecule has 12 aromatic carbocycles. The number of aromatic nitrogens is 8. The summed E-state index contributed by atoms with van der Waals surface area (Å²) < 4.78 is 60.7. The van der Waals surface area contributed by atoms with Crippen molar-refractivity contribution in [3.63, 3.8) is 0 Å². The van der Waals surface area contributed by atoms with Gasteiger partial charge in [-0.25, -0.2) is 19.9 Å². The van der Waals surface area contributed by atoms with E-state index in [2.05, 4.69) is 318 Å². The zero-order valence-corrected chi connectivity index (χ0v) is 94.5. The summed E-state index contributed by atoms with van der Waals surface area (Å²) in [4.78, 5) is 21.1. The van der Waals surface area contributed by atoms with Gasteiger partial charge in [0.25, 0.3) is 44.1 Å². The van der Waals surface area contributed by atoms with Gasteiger partial charge in [0.15, 0.2) is 69.0 Å². The number of rotatable bonds is 4. The molecule has 20 heteroatoms. The van der Waals surface area contributed by atoms with Gasteiger partial charge in [-0.15, -0.1) is 0 Å². The van der Waals surface area contributed by atoms with E-state index in [1.807, 2.05) is 12.1 Å². The molecule has 0 saturated carbocycles. The first kappa shape index (κ1) is 96.5. The minimum atomic E-state index is -0.224. The van der Waals surface area contributed by atoms with Gasteiger partial charge in [-0.1, -0.05) is 111 Å². The molecule has 140 heavy (non-hydrogen) atoms. The summed E-state index contributed by atoms with van der Waals surface area (Å²) in [7, 11) is 15.8. The monoisotopic (exact) mass is 2310 g/mol. The number of hydrogen-bond acceptors (Lipinski definition) is 12. The molecule has 2 aliphatic heterocycles. The highest BCUT2D eigenvalue weighted by Crippen LogP contribution is 2.71. The lowest BCUT2D eigenvalue weighted by molar-refractivity contribution is -0.658. The molecule has 4 unspecified atom stereocenters. The lowest BCUT2D eigenvalue weighted by Gasteiger charge is -2.31. The van der Waals surface area contributed by atoms with Gasteiger partial charge in [0.2, 0.25) is 0 Å². The van der Waals surface area contributed by atoms with Crippen LogP contribution in [0, 0.1) is 27.7 Å². The van der Waals surface area contributed by atoms with E-state index in [1.165, 1.54) is 144 Å². The summed E-state index contributed by atoms with van der Waals surface area (Å²) in [5, 5.41) is 0. The van der Waals surface area contributed by atoms with Crippen LogP contribution in [0.3, 0.4) is 0 Å². The highest BCUT2D eigenvalue weighted by molar-refractivity contribution is 5.93. The highest BCUT2D eigenvalue weighted by atomic mass is 127. The van der Waals surface area contributed by atoms with Gasteiger partial charge >= 0.3 is 0 Å². The Kier molecular flexibility index (Phi) is 21.3. The molecular weight excluding hydrogens is 2190 g/mol. The second-order valence-corrected chi connectivity index (χ2v) is 48.1. The van der Waals surface area contributed by atoms with E-state index in [1.54, 1.807) is 28.4 Å². The Labute approximate surface area is 889 Å². The maximum absolute atomic E-state index is 7.05. The number of benzene rings is 12. The van der Waals surface area contributed by atoms with Crippen molar-refractivity contribution in [2.24, 2.45) is 28.2 Å². The number of aryl methyl sites for hydroxylation is 8. The molecule has 6 heterocycles. The van der Waals surface area contributed by atoms with Crippen LogP contribution in [0.1, 0.15) is 273 Å². The number of ether oxygens (including phenoxy) is 8. The van der Waals surface area contributed by atoms with Gasteiger partial charge in [0, 0.05) is 70.2 Å². The number of methoxy groups -OCH3 is 4. The van der Waals surface area contributed by atoms with Gasteiger partial charge in [0.1, 0.15) is 28.2 Å². The highest BCUT2D eigenvalue weighted by Gasteiger charge is 2.63. The fourth-order valence-corrected chi connectivity index (χ4v) is 29.6. The Morgan fingerprint density at radius 1 is 0.200 bits per heavy atom. The summed E-state index contributed by atoms with van der Waals surface area (Å²) in [6.07, 6.45) is 8.01. The van der Waals surface area contributed by atoms with Crippen LogP contribution in [0.5, 0.6) is 69.0 Å². The fourth-order valence-electron chi connectivity index (χ4n) is 29.6. The summed E-state index contributed by atoms with van der Waals surface area (Å²) in [6, 6.07) is 54.9. The smallest absolute Gasteiger partial charge is 0.281 e. The van der Waals surface area contributed by atoms with Crippen LogP contribution in [0.25, 0.3) is 88.3 Å². The Balaban J connectivity index is 0.000000162. The van der Waals surface area contributed by atoms with Crippen molar-refractivity contribution in [2.75, 3.05) is 28.4 Å². The number of nitrogens with zero attached hydrogens (tertiary/aromatic N) is 8. The summed E-state index contributed by atoms with van der Waals surface area (Å²) in [5.41, 5.74) is 42.4. The van der Waals surface area contributed by atoms with E-state index in [0.717, 1.165) is 164 Å².